The number of pyridine rings is 1. The summed E-state index contributed by atoms with van der Waals surface area (Å²) < 4.78 is 5.44. The third kappa shape index (κ3) is 4.03. The zero-order chi connectivity index (χ0) is 15.2. The highest BCUT2D eigenvalue weighted by Crippen LogP contribution is 2.16. The van der Waals surface area contributed by atoms with E-state index in [1.54, 1.807) is 0 Å². The fraction of sp³-hybridized carbons (Fsp3) is 0.500. The van der Waals surface area contributed by atoms with E-state index < -0.39 is 0 Å². The van der Waals surface area contributed by atoms with Crippen molar-refractivity contribution in [3.63, 3.8) is 0 Å². The van der Waals surface area contributed by atoms with Gasteiger partial charge in [-0.2, -0.15) is 0 Å². The summed E-state index contributed by atoms with van der Waals surface area (Å²) >= 11 is 0. The molecule has 0 spiro atoms. The van der Waals surface area contributed by atoms with Crippen LogP contribution in [0.3, 0.4) is 0 Å². The van der Waals surface area contributed by atoms with E-state index in [1.807, 2.05) is 12.4 Å². The van der Waals surface area contributed by atoms with Crippen molar-refractivity contribution in [2.75, 3.05) is 45.9 Å². The summed E-state index contributed by atoms with van der Waals surface area (Å²) in [5.41, 5.74) is 1.38. The van der Waals surface area contributed by atoms with Crippen LogP contribution >= 0.6 is 0 Å². The SMILES string of the molecule is CCOCCN1CCN(Cc2ccc3ccncc3c2)CC1. The highest BCUT2D eigenvalue weighted by molar-refractivity contribution is 5.81. The molecule has 2 aromatic rings. The summed E-state index contributed by atoms with van der Waals surface area (Å²) in [4.78, 5) is 9.25. The second kappa shape index (κ2) is 7.68. The fourth-order valence-corrected chi connectivity index (χ4v) is 3.00. The Hall–Kier alpha value is -1.49. The van der Waals surface area contributed by atoms with E-state index in [0.29, 0.717) is 0 Å². The van der Waals surface area contributed by atoms with E-state index in [0.717, 1.165) is 52.5 Å². The fourth-order valence-electron chi connectivity index (χ4n) is 3.00. The molecule has 1 aliphatic heterocycles. The Morgan fingerprint density at radius 3 is 2.68 bits per heavy atom. The highest BCUT2D eigenvalue weighted by Gasteiger charge is 2.16. The van der Waals surface area contributed by atoms with E-state index in [4.69, 9.17) is 4.74 Å². The number of hydrogen-bond acceptors (Lipinski definition) is 4. The molecule has 1 fully saturated rings. The van der Waals surface area contributed by atoms with Crippen LogP contribution in [-0.2, 0) is 11.3 Å². The first kappa shape index (κ1) is 15.4. The smallest absolute Gasteiger partial charge is 0.0593 e. The summed E-state index contributed by atoms with van der Waals surface area (Å²) in [6, 6.07) is 8.77. The number of hydrogen-bond donors (Lipinski definition) is 0. The molecule has 0 atom stereocenters. The van der Waals surface area contributed by atoms with Crippen LogP contribution in [0.2, 0.25) is 0 Å². The molecule has 1 saturated heterocycles. The van der Waals surface area contributed by atoms with E-state index in [9.17, 15) is 0 Å². The number of aromatic nitrogens is 1. The lowest BCUT2D eigenvalue weighted by molar-refractivity contribution is 0.0786. The van der Waals surface area contributed by atoms with Crippen LogP contribution in [-0.4, -0.2) is 60.7 Å². The van der Waals surface area contributed by atoms with Gasteiger partial charge in [0, 0.05) is 63.7 Å². The topological polar surface area (TPSA) is 28.6 Å². The summed E-state index contributed by atoms with van der Waals surface area (Å²) in [5, 5.41) is 2.50. The van der Waals surface area contributed by atoms with Gasteiger partial charge in [0.1, 0.15) is 0 Å². The molecule has 0 unspecified atom stereocenters. The minimum Gasteiger partial charge on any atom is -0.380 e. The first-order chi connectivity index (χ1) is 10.8. The summed E-state index contributed by atoms with van der Waals surface area (Å²) in [5.74, 6) is 0. The van der Waals surface area contributed by atoms with Crippen LogP contribution in [0.25, 0.3) is 10.8 Å². The first-order valence-corrected chi connectivity index (χ1v) is 8.20. The first-order valence-electron chi connectivity index (χ1n) is 8.20. The van der Waals surface area contributed by atoms with Gasteiger partial charge in [-0.3, -0.25) is 14.8 Å². The Morgan fingerprint density at radius 1 is 1.05 bits per heavy atom. The Balaban J connectivity index is 1.51. The predicted octanol–water partition coefficient (Wildman–Crippen LogP) is 2.39. The zero-order valence-electron chi connectivity index (χ0n) is 13.4. The van der Waals surface area contributed by atoms with Crippen molar-refractivity contribution >= 4 is 10.8 Å². The lowest BCUT2D eigenvalue weighted by atomic mass is 10.1. The molecule has 0 saturated carbocycles. The van der Waals surface area contributed by atoms with Crippen LogP contribution in [0.4, 0.5) is 0 Å². The van der Waals surface area contributed by atoms with Crippen molar-refractivity contribution in [2.24, 2.45) is 0 Å². The van der Waals surface area contributed by atoms with Crippen molar-refractivity contribution in [1.82, 2.24) is 14.8 Å². The van der Waals surface area contributed by atoms with Gasteiger partial charge < -0.3 is 4.74 Å². The molecule has 118 valence electrons. The molecule has 4 nitrogen and oxygen atoms in total. The number of benzene rings is 1. The van der Waals surface area contributed by atoms with Crippen LogP contribution in [0.1, 0.15) is 12.5 Å². The van der Waals surface area contributed by atoms with Crippen molar-refractivity contribution in [2.45, 2.75) is 13.5 Å². The summed E-state index contributed by atoms with van der Waals surface area (Å²) in [6.07, 6.45) is 3.80. The van der Waals surface area contributed by atoms with Crippen LogP contribution in [0, 0.1) is 0 Å². The predicted molar refractivity (Wildman–Crippen MR) is 90.0 cm³/mol. The van der Waals surface area contributed by atoms with E-state index in [1.165, 1.54) is 16.3 Å². The molecule has 0 amide bonds. The number of piperazine rings is 1. The molecule has 1 aromatic carbocycles. The van der Waals surface area contributed by atoms with Gasteiger partial charge in [-0.15, -0.1) is 0 Å². The molecule has 0 N–H and O–H groups in total. The quantitative estimate of drug-likeness (QED) is 0.766. The Morgan fingerprint density at radius 2 is 1.86 bits per heavy atom. The summed E-state index contributed by atoms with van der Waals surface area (Å²) in [7, 11) is 0. The van der Waals surface area contributed by atoms with Gasteiger partial charge in [0.15, 0.2) is 0 Å². The van der Waals surface area contributed by atoms with E-state index in [2.05, 4.69) is 46.0 Å². The lowest BCUT2D eigenvalue weighted by Crippen LogP contribution is -2.46. The molecular weight excluding hydrogens is 274 g/mol. The second-order valence-corrected chi connectivity index (χ2v) is 5.87. The van der Waals surface area contributed by atoms with Crippen molar-refractivity contribution in [3.05, 3.63) is 42.2 Å². The Kier molecular flexibility index (Phi) is 5.38. The van der Waals surface area contributed by atoms with Gasteiger partial charge in [0.2, 0.25) is 0 Å². The van der Waals surface area contributed by atoms with Crippen LogP contribution in [0.5, 0.6) is 0 Å². The minimum atomic E-state index is 0.816. The van der Waals surface area contributed by atoms with Crippen LogP contribution in [0.15, 0.2) is 36.7 Å². The third-order valence-corrected chi connectivity index (χ3v) is 4.33. The van der Waals surface area contributed by atoms with Gasteiger partial charge in [0.25, 0.3) is 0 Å². The maximum atomic E-state index is 5.44. The van der Waals surface area contributed by atoms with E-state index in [-0.39, 0.29) is 0 Å². The zero-order valence-corrected chi connectivity index (χ0v) is 13.4. The van der Waals surface area contributed by atoms with Crippen LogP contribution < -0.4 is 0 Å². The minimum absolute atomic E-state index is 0.816. The van der Waals surface area contributed by atoms with Gasteiger partial charge in [-0.25, -0.2) is 0 Å². The highest BCUT2D eigenvalue weighted by atomic mass is 16.5. The number of nitrogens with zero attached hydrogens (tertiary/aromatic N) is 3. The number of fused-ring (bicyclic) bond motifs is 1. The van der Waals surface area contributed by atoms with E-state index >= 15 is 0 Å². The van der Waals surface area contributed by atoms with Gasteiger partial charge in [-0.1, -0.05) is 12.1 Å². The number of rotatable bonds is 6. The normalized spacial score (nSPS) is 17.1. The molecule has 0 aliphatic carbocycles. The van der Waals surface area contributed by atoms with Gasteiger partial charge in [0.05, 0.1) is 6.61 Å². The lowest BCUT2D eigenvalue weighted by Gasteiger charge is -2.34. The largest absolute Gasteiger partial charge is 0.380 e. The standard InChI is InChI=1S/C18H25N3O/c1-2-22-12-11-20-7-9-21(10-8-20)15-16-3-4-17-5-6-19-14-18(17)13-16/h3-6,13-14H,2,7-12,15H2,1H3. The van der Waals surface area contributed by atoms with Crippen molar-refractivity contribution < 1.29 is 4.74 Å². The van der Waals surface area contributed by atoms with Gasteiger partial charge >= 0.3 is 0 Å². The molecule has 4 heteroatoms. The maximum Gasteiger partial charge on any atom is 0.0593 e. The average Bonchev–Trinajstić information content (AvgIpc) is 2.57. The van der Waals surface area contributed by atoms with Gasteiger partial charge in [-0.05, 0) is 30.0 Å². The van der Waals surface area contributed by atoms with Crippen molar-refractivity contribution in [3.8, 4) is 0 Å². The molecule has 1 aromatic heterocycles. The maximum absolute atomic E-state index is 5.44. The molecular formula is C18H25N3O. The molecule has 0 bridgehead atoms. The Bertz CT molecular complexity index is 594. The molecule has 0 radical (unpaired) electrons. The van der Waals surface area contributed by atoms with Crippen molar-refractivity contribution in [1.29, 1.82) is 0 Å². The number of ether oxygens (including phenoxy) is 1. The average molecular weight is 299 g/mol. The molecule has 1 aliphatic rings. The molecule has 22 heavy (non-hydrogen) atoms. The molecule has 2 heterocycles. The Labute approximate surface area is 132 Å². The second-order valence-electron chi connectivity index (χ2n) is 5.87. The summed E-state index contributed by atoms with van der Waals surface area (Å²) in [6.45, 7) is 10.4. The third-order valence-electron chi connectivity index (χ3n) is 4.33. The molecule has 3 rings (SSSR count). The monoisotopic (exact) mass is 299 g/mol.